The van der Waals surface area contributed by atoms with Gasteiger partial charge in [-0.2, -0.15) is 4.91 Å². The van der Waals surface area contributed by atoms with Gasteiger partial charge >= 0.3 is 18.6 Å². The van der Waals surface area contributed by atoms with Gasteiger partial charge in [0.15, 0.2) is 0 Å². The van der Waals surface area contributed by atoms with E-state index < -0.39 is 7.25 Å². The average Bonchev–Trinajstić information content (AvgIpc) is 3.00. The third-order valence-corrected chi connectivity index (χ3v) is 2.07. The summed E-state index contributed by atoms with van der Waals surface area (Å²) in [5.74, 6) is 0. The zero-order chi connectivity index (χ0) is 17.7. The molecule has 2 aliphatic rings. The smallest absolute Gasteiger partial charge is 0 e. The Hall–Kier alpha value is -0.187. The second-order valence-electron chi connectivity index (χ2n) is 3.76. The minimum Gasteiger partial charge on any atom is -0.0533 e. The summed E-state index contributed by atoms with van der Waals surface area (Å²) in [4.78, 5) is 7.50. The van der Waals surface area contributed by atoms with Crippen LogP contribution < -0.4 is 0 Å². The first-order chi connectivity index (χ1) is 10.5. The maximum atomic E-state index is 9.75. The molecule has 0 aromatic rings. The maximum absolute atomic E-state index is 9.75. The molecule has 0 atom stereocenters. The summed E-state index contributed by atoms with van der Waals surface area (Å²) in [6, 6.07) is 0. The van der Waals surface area contributed by atoms with Crippen LogP contribution in [-0.4, -0.2) is 7.25 Å². The van der Waals surface area contributed by atoms with Crippen molar-refractivity contribution < 1.29 is 43.0 Å². The molecule has 1 N–H and O–H groups in total. The van der Waals surface area contributed by atoms with E-state index in [1.807, 2.05) is 32.1 Å². The molecule has 3 nitrogen and oxygen atoms in total. The zero-order valence-corrected chi connectivity index (χ0v) is 14.5. The Morgan fingerprint density at radius 1 is 0.739 bits per heavy atom. The number of nitroso groups, excluding NO2 is 1. The first-order valence-electron chi connectivity index (χ1n) is 6.43. The SMILES string of the molecule is F[B-](F)(F)F.N=O.[C-]#[O+].[CH]1[CH]CCCCC[CH]1.[CH]1[CH][CH][CH][CH]1.[Mo]. The fourth-order valence-corrected chi connectivity index (χ4v) is 1.31. The minimum absolute atomic E-state index is 0. The van der Waals surface area contributed by atoms with Gasteiger partial charge in [0.25, 0.3) is 0 Å². The molecule has 0 aromatic heterocycles. The molecule has 2 rings (SSSR count). The molecule has 2 fully saturated rings. The monoisotopic (exact) mass is 418 g/mol. The average molecular weight is 416 g/mol. The third kappa shape index (κ3) is 52.2. The van der Waals surface area contributed by atoms with E-state index in [1.54, 1.807) is 0 Å². The molecule has 0 aromatic carbocycles. The Kier molecular flexibility index (Phi) is 35.6. The van der Waals surface area contributed by atoms with Crippen molar-refractivity contribution in [3.63, 3.8) is 0 Å². The van der Waals surface area contributed by atoms with Crippen LogP contribution in [0, 0.1) is 68.5 Å². The van der Waals surface area contributed by atoms with Crippen molar-refractivity contribution in [2.75, 3.05) is 0 Å². The van der Waals surface area contributed by atoms with Crippen LogP contribution >= 0.6 is 0 Å². The Morgan fingerprint density at radius 2 is 1.00 bits per heavy atom. The predicted molar refractivity (Wildman–Crippen MR) is 77.7 cm³/mol. The number of rotatable bonds is 0. The molecule has 0 aliphatic heterocycles. The standard InChI is InChI=1S/C8H13.C5H5.CO.BF4.Mo.HNO/c1-2-4-6-8-7-5-3-1;1-2-4-5-3-1;1-2;2-1(3,4)5;;1-2/h1-3H,4-8H2;1-5H;;;;1H/q;;;-1;;. The van der Waals surface area contributed by atoms with Gasteiger partial charge in [-0.15, -0.1) is 0 Å². The van der Waals surface area contributed by atoms with E-state index in [0.29, 0.717) is 0 Å². The third-order valence-electron chi connectivity index (χ3n) is 2.07. The second kappa shape index (κ2) is 26.7. The van der Waals surface area contributed by atoms with Gasteiger partial charge in [-0.05, 0) is 64.2 Å². The van der Waals surface area contributed by atoms with E-state index in [9.17, 15) is 17.3 Å². The van der Waals surface area contributed by atoms with Crippen molar-refractivity contribution in [1.82, 2.24) is 0 Å². The molecule has 23 heavy (non-hydrogen) atoms. The molecule has 0 bridgehead atoms. The van der Waals surface area contributed by atoms with Crippen molar-refractivity contribution in [3.05, 3.63) is 62.9 Å². The minimum atomic E-state index is -6.00. The molecule has 0 spiro atoms. The van der Waals surface area contributed by atoms with Crippen molar-refractivity contribution in [1.29, 1.82) is 5.59 Å². The molecule has 0 heterocycles. The second-order valence-corrected chi connectivity index (χ2v) is 3.76. The van der Waals surface area contributed by atoms with Crippen LogP contribution in [0.2, 0.25) is 0 Å². The molecule has 8 radical (unpaired) electrons. The first-order valence-corrected chi connectivity index (χ1v) is 6.43. The topological polar surface area (TPSA) is 60.8 Å². The van der Waals surface area contributed by atoms with E-state index in [0.717, 1.165) is 0 Å². The van der Waals surface area contributed by atoms with Crippen LogP contribution in [0.1, 0.15) is 32.1 Å². The molecule has 0 unspecified atom stereocenters. The van der Waals surface area contributed by atoms with Crippen LogP contribution in [0.15, 0.2) is 0 Å². The molecule has 130 valence electrons. The molecular formula is C14H19BF4MoNO2-. The Bertz CT molecular complexity index is 193. The Morgan fingerprint density at radius 3 is 1.26 bits per heavy atom. The molecular weight excluding hydrogens is 397 g/mol. The fraction of sp³-hybridized carbons (Fsp3) is 0.357. The number of hydrogen-bond acceptors (Lipinski definition) is 2. The molecule has 0 amide bonds. The summed E-state index contributed by atoms with van der Waals surface area (Å²) >= 11 is 0. The summed E-state index contributed by atoms with van der Waals surface area (Å²) in [6.45, 7) is 4.50. The van der Waals surface area contributed by atoms with Gasteiger partial charge in [-0.1, -0.05) is 24.9 Å². The van der Waals surface area contributed by atoms with E-state index in [4.69, 9.17) is 9.56 Å². The summed E-state index contributed by atoms with van der Waals surface area (Å²) in [5.41, 5.74) is 4.50. The number of nitrogens with one attached hydrogen (secondary N) is 1. The molecule has 2 saturated carbocycles. The predicted octanol–water partition coefficient (Wildman–Crippen LogP) is 5.18. The summed E-state index contributed by atoms with van der Waals surface area (Å²) in [6.07, 6.45) is 23.5. The van der Waals surface area contributed by atoms with Gasteiger partial charge in [0.1, 0.15) is 0 Å². The van der Waals surface area contributed by atoms with Crippen LogP contribution in [0.3, 0.4) is 0 Å². The van der Waals surface area contributed by atoms with Gasteiger partial charge in [-0.25, -0.2) is 0 Å². The van der Waals surface area contributed by atoms with E-state index >= 15 is 0 Å². The number of halogens is 4. The normalized spacial score (nSPS) is 16.4. The van der Waals surface area contributed by atoms with Crippen molar-refractivity contribution in [2.45, 2.75) is 32.1 Å². The van der Waals surface area contributed by atoms with Crippen LogP contribution in [0.5, 0.6) is 0 Å². The Balaban J connectivity index is -0.000000107. The fourth-order valence-electron chi connectivity index (χ4n) is 1.31. The number of hydrogen-bond donors (Lipinski definition) is 1. The largest absolute Gasteiger partial charge is 0.0533 e. The summed E-state index contributed by atoms with van der Waals surface area (Å²) < 4.78 is 46.5. The van der Waals surface area contributed by atoms with Crippen molar-refractivity contribution >= 4 is 7.25 Å². The van der Waals surface area contributed by atoms with E-state index in [-0.39, 0.29) is 21.1 Å². The van der Waals surface area contributed by atoms with E-state index in [1.165, 1.54) is 32.1 Å². The van der Waals surface area contributed by atoms with Gasteiger partial charge in [0.05, 0.1) is 0 Å². The van der Waals surface area contributed by atoms with Crippen LogP contribution in [0.4, 0.5) is 17.3 Å². The van der Waals surface area contributed by atoms with Gasteiger partial charge in [0, 0.05) is 21.1 Å². The summed E-state index contributed by atoms with van der Waals surface area (Å²) in [7, 11) is -6.00. The van der Waals surface area contributed by atoms with Gasteiger partial charge in [-0.3, -0.25) is 0 Å². The quantitative estimate of drug-likeness (QED) is 0.191. The van der Waals surface area contributed by atoms with Crippen molar-refractivity contribution in [3.8, 4) is 0 Å². The maximum Gasteiger partial charge on any atom is 0 e. The van der Waals surface area contributed by atoms with Crippen molar-refractivity contribution in [2.24, 2.45) is 0 Å². The molecule has 0 saturated heterocycles. The Labute approximate surface area is 151 Å². The summed E-state index contributed by atoms with van der Waals surface area (Å²) in [5, 5.41) is 0. The molecule has 2 aliphatic carbocycles. The van der Waals surface area contributed by atoms with Gasteiger partial charge in [0.2, 0.25) is 0 Å². The van der Waals surface area contributed by atoms with Crippen LogP contribution in [-0.2, 0) is 25.7 Å². The van der Waals surface area contributed by atoms with E-state index in [2.05, 4.69) is 31.5 Å². The first kappa shape index (κ1) is 30.7. The molecule has 9 heteroatoms. The van der Waals surface area contributed by atoms with Crippen LogP contribution in [0.25, 0.3) is 0 Å². The zero-order valence-electron chi connectivity index (χ0n) is 12.5. The van der Waals surface area contributed by atoms with Gasteiger partial charge < -0.3 is 17.3 Å².